The highest BCUT2D eigenvalue weighted by Crippen LogP contribution is 2.33. The highest BCUT2D eigenvalue weighted by atomic mass is 19.4. The number of ether oxygens (including phenoxy) is 1. The Morgan fingerprint density at radius 3 is 2.24 bits per heavy atom. The van der Waals surface area contributed by atoms with Gasteiger partial charge in [-0.15, -0.1) is 0 Å². The van der Waals surface area contributed by atoms with Gasteiger partial charge in [0, 0.05) is 19.6 Å². The quantitative estimate of drug-likeness (QED) is 0.688. The number of likely N-dealkylation sites (tertiary alicyclic amines) is 2. The van der Waals surface area contributed by atoms with E-state index in [1.807, 2.05) is 0 Å². The molecule has 0 aromatic carbocycles. The maximum absolute atomic E-state index is 12.5. The van der Waals surface area contributed by atoms with Gasteiger partial charge in [0.15, 0.2) is 0 Å². The third kappa shape index (κ3) is 3.59. The molecule has 0 saturated carbocycles. The minimum atomic E-state index is -4.87. The van der Waals surface area contributed by atoms with Gasteiger partial charge in [-0.05, 0) is 33.1 Å². The zero-order chi connectivity index (χ0) is 16.0. The minimum Gasteiger partial charge on any atom is -0.444 e. The van der Waals surface area contributed by atoms with Crippen LogP contribution < -0.4 is 0 Å². The average molecular weight is 308 g/mol. The lowest BCUT2D eigenvalue weighted by molar-refractivity contribution is -0.186. The van der Waals surface area contributed by atoms with Gasteiger partial charge in [0.25, 0.3) is 0 Å². The molecule has 8 heteroatoms. The van der Waals surface area contributed by atoms with Crippen molar-refractivity contribution in [1.82, 2.24) is 9.80 Å². The van der Waals surface area contributed by atoms with Gasteiger partial charge in [0.2, 0.25) is 0 Å². The van der Waals surface area contributed by atoms with Gasteiger partial charge in [-0.25, -0.2) is 4.79 Å². The third-order valence-electron chi connectivity index (χ3n) is 3.57. The first kappa shape index (κ1) is 15.9. The first-order valence-electron chi connectivity index (χ1n) is 6.83. The Labute approximate surface area is 121 Å². The van der Waals surface area contributed by atoms with Crippen LogP contribution in [0, 0.1) is 5.92 Å². The van der Waals surface area contributed by atoms with Crippen LogP contribution in [0.25, 0.3) is 0 Å². The molecule has 120 valence electrons. The van der Waals surface area contributed by atoms with Gasteiger partial charge >= 0.3 is 18.2 Å². The monoisotopic (exact) mass is 308 g/mol. The van der Waals surface area contributed by atoms with Crippen LogP contribution in [-0.2, 0) is 9.53 Å². The van der Waals surface area contributed by atoms with Crippen molar-refractivity contribution in [3.8, 4) is 0 Å². The number of hydrogen-bond acceptors (Lipinski definition) is 3. The van der Waals surface area contributed by atoms with Crippen molar-refractivity contribution in [1.29, 1.82) is 0 Å². The predicted octanol–water partition coefficient (Wildman–Crippen LogP) is 2.02. The molecule has 0 aromatic heterocycles. The number of amides is 2. The van der Waals surface area contributed by atoms with Crippen molar-refractivity contribution in [3.63, 3.8) is 0 Å². The Bertz CT molecular complexity index is 445. The molecular weight excluding hydrogens is 289 g/mol. The normalized spacial score (nSPS) is 26.0. The second-order valence-electron chi connectivity index (χ2n) is 6.60. The van der Waals surface area contributed by atoms with E-state index >= 15 is 0 Å². The van der Waals surface area contributed by atoms with Crippen LogP contribution in [-0.4, -0.2) is 59.3 Å². The molecule has 0 aromatic rings. The van der Waals surface area contributed by atoms with Crippen molar-refractivity contribution >= 4 is 12.0 Å². The molecule has 2 aliphatic heterocycles. The molecular formula is C13H19F3N2O3. The Hall–Kier alpha value is -1.47. The number of carbonyl (C=O) groups is 2. The number of carbonyl (C=O) groups excluding carboxylic acids is 2. The number of nitrogens with zero attached hydrogens (tertiary/aromatic N) is 2. The Kier molecular flexibility index (Phi) is 3.84. The summed E-state index contributed by atoms with van der Waals surface area (Å²) in [6, 6.07) is -0.578. The van der Waals surface area contributed by atoms with E-state index in [4.69, 9.17) is 4.74 Å². The molecule has 2 bridgehead atoms. The summed E-state index contributed by atoms with van der Waals surface area (Å²) in [5.74, 6) is -1.94. The highest BCUT2D eigenvalue weighted by Gasteiger charge is 2.50. The molecule has 2 aliphatic rings. The summed E-state index contributed by atoms with van der Waals surface area (Å²) in [5, 5.41) is 0. The van der Waals surface area contributed by atoms with Gasteiger partial charge in [-0.3, -0.25) is 4.79 Å². The lowest BCUT2D eigenvalue weighted by Gasteiger charge is -2.34. The second kappa shape index (κ2) is 5.06. The Balaban J connectivity index is 2.03. The zero-order valence-electron chi connectivity index (χ0n) is 12.2. The van der Waals surface area contributed by atoms with Crippen molar-refractivity contribution in [3.05, 3.63) is 0 Å². The highest BCUT2D eigenvalue weighted by molar-refractivity contribution is 5.82. The number of alkyl halides is 3. The van der Waals surface area contributed by atoms with E-state index in [1.165, 1.54) is 4.90 Å². The summed E-state index contributed by atoms with van der Waals surface area (Å²) < 4.78 is 42.8. The van der Waals surface area contributed by atoms with Crippen LogP contribution in [0.1, 0.15) is 27.2 Å². The number of fused-ring (bicyclic) bond motifs is 2. The molecule has 5 nitrogen and oxygen atoms in total. The molecule has 21 heavy (non-hydrogen) atoms. The van der Waals surface area contributed by atoms with Gasteiger partial charge in [-0.1, -0.05) is 0 Å². The lowest BCUT2D eigenvalue weighted by Crippen LogP contribution is -2.50. The molecule has 2 rings (SSSR count). The van der Waals surface area contributed by atoms with Crippen molar-refractivity contribution in [2.24, 2.45) is 5.92 Å². The van der Waals surface area contributed by atoms with Crippen LogP contribution in [0.15, 0.2) is 0 Å². The molecule has 2 fully saturated rings. The molecule has 2 saturated heterocycles. The first-order valence-corrected chi connectivity index (χ1v) is 6.83. The molecule has 2 amide bonds. The fourth-order valence-electron chi connectivity index (χ4n) is 2.85. The number of hydrogen-bond donors (Lipinski definition) is 0. The molecule has 2 atom stereocenters. The van der Waals surface area contributed by atoms with Crippen LogP contribution in [0.5, 0.6) is 0 Å². The van der Waals surface area contributed by atoms with Crippen molar-refractivity contribution in [2.45, 2.75) is 45.0 Å². The molecule has 0 radical (unpaired) electrons. The van der Waals surface area contributed by atoms with E-state index in [1.54, 1.807) is 20.8 Å². The topological polar surface area (TPSA) is 49.9 Å². The van der Waals surface area contributed by atoms with Gasteiger partial charge < -0.3 is 14.5 Å². The van der Waals surface area contributed by atoms with E-state index in [0.29, 0.717) is 13.0 Å². The Morgan fingerprint density at radius 1 is 1.10 bits per heavy atom. The van der Waals surface area contributed by atoms with Gasteiger partial charge in [0.1, 0.15) is 5.60 Å². The van der Waals surface area contributed by atoms with Gasteiger partial charge in [0.05, 0.1) is 6.04 Å². The lowest BCUT2D eigenvalue weighted by atomic mass is 10.0. The summed E-state index contributed by atoms with van der Waals surface area (Å²) in [6.07, 6.45) is -4.91. The molecule has 0 N–H and O–H groups in total. The van der Waals surface area contributed by atoms with E-state index in [0.717, 1.165) is 4.90 Å². The SMILES string of the molecule is CC(C)(C)OC(=O)N1CC2CC(C1)N(C(=O)C(F)(F)F)C2. The fraction of sp³-hybridized carbons (Fsp3) is 0.846. The Morgan fingerprint density at radius 2 is 1.71 bits per heavy atom. The van der Waals surface area contributed by atoms with Crippen LogP contribution in [0.2, 0.25) is 0 Å². The molecule has 0 aliphatic carbocycles. The summed E-state index contributed by atoms with van der Waals surface area (Å²) in [6.45, 7) is 5.64. The van der Waals surface area contributed by atoms with E-state index < -0.39 is 29.8 Å². The summed E-state index contributed by atoms with van der Waals surface area (Å²) in [5.41, 5.74) is -0.658. The number of rotatable bonds is 0. The van der Waals surface area contributed by atoms with E-state index in [9.17, 15) is 22.8 Å². The predicted molar refractivity (Wildman–Crippen MR) is 67.5 cm³/mol. The maximum atomic E-state index is 12.5. The number of halogens is 3. The molecule has 2 unspecified atom stereocenters. The minimum absolute atomic E-state index is 0.0440. The molecule has 2 heterocycles. The largest absolute Gasteiger partial charge is 0.471 e. The van der Waals surface area contributed by atoms with Crippen LogP contribution in [0.3, 0.4) is 0 Å². The average Bonchev–Trinajstić information content (AvgIpc) is 2.59. The van der Waals surface area contributed by atoms with Gasteiger partial charge in [-0.2, -0.15) is 13.2 Å². The maximum Gasteiger partial charge on any atom is 0.471 e. The standard InChI is InChI=1S/C13H19F3N2O3/c1-12(2,3)21-11(20)17-5-8-4-9(7-17)18(6-8)10(19)13(14,15)16/h8-9H,4-7H2,1-3H3. The first-order chi connectivity index (χ1) is 9.47. The smallest absolute Gasteiger partial charge is 0.444 e. The van der Waals surface area contributed by atoms with Crippen LogP contribution >= 0.6 is 0 Å². The number of piperidine rings is 1. The zero-order valence-corrected chi connectivity index (χ0v) is 12.2. The van der Waals surface area contributed by atoms with Crippen LogP contribution in [0.4, 0.5) is 18.0 Å². The fourth-order valence-corrected chi connectivity index (χ4v) is 2.85. The molecule has 0 spiro atoms. The van der Waals surface area contributed by atoms with E-state index in [-0.39, 0.29) is 19.0 Å². The summed E-state index contributed by atoms with van der Waals surface area (Å²) >= 11 is 0. The van der Waals surface area contributed by atoms with Crippen molar-refractivity contribution in [2.75, 3.05) is 19.6 Å². The summed E-state index contributed by atoms with van der Waals surface area (Å²) in [4.78, 5) is 25.6. The third-order valence-corrected chi connectivity index (χ3v) is 3.57. The summed E-state index contributed by atoms with van der Waals surface area (Å²) in [7, 11) is 0. The van der Waals surface area contributed by atoms with E-state index in [2.05, 4.69) is 0 Å². The van der Waals surface area contributed by atoms with Crippen molar-refractivity contribution < 1.29 is 27.5 Å². The second-order valence-corrected chi connectivity index (χ2v) is 6.60.